The number of esters is 1. The molecule has 28 heavy (non-hydrogen) atoms. The Bertz CT molecular complexity index is 610. The van der Waals surface area contributed by atoms with Gasteiger partial charge in [-0.05, 0) is 84.5 Å². The highest BCUT2D eigenvalue weighted by atomic mass is 16.6. The fraction of sp³-hybridized carbons (Fsp3) is 0.913. The van der Waals surface area contributed by atoms with Crippen molar-refractivity contribution in [2.75, 3.05) is 0 Å². The molecule has 0 aromatic heterocycles. The third-order valence-corrected chi connectivity index (χ3v) is 7.34. The lowest BCUT2D eigenvalue weighted by Crippen LogP contribution is -2.67. The van der Waals surface area contributed by atoms with Crippen LogP contribution in [0.15, 0.2) is 0 Å². The molecule has 0 saturated heterocycles. The van der Waals surface area contributed by atoms with Crippen LogP contribution < -0.4 is 5.32 Å². The quantitative estimate of drug-likeness (QED) is 0.591. The summed E-state index contributed by atoms with van der Waals surface area (Å²) in [6.45, 7) is 12.0. The van der Waals surface area contributed by atoms with Gasteiger partial charge in [-0.2, -0.15) is 0 Å². The minimum atomic E-state index is -0.465. The van der Waals surface area contributed by atoms with E-state index in [9.17, 15) is 9.59 Å². The standard InChI is InChI=1S/C23H39NO4/c1-7-9-21(5,6)28-19(26)24-22-11-16-10-17(12-22)14-23(13-16,15-22)27-18(25)20(3,4)8-2/h16-17H,7-15H2,1-6H3,(H,24,26). The molecule has 4 bridgehead atoms. The lowest BCUT2D eigenvalue weighted by atomic mass is 9.51. The van der Waals surface area contributed by atoms with E-state index in [1.807, 2.05) is 34.6 Å². The summed E-state index contributed by atoms with van der Waals surface area (Å²) < 4.78 is 12.0. The predicted molar refractivity (Wildman–Crippen MR) is 109 cm³/mol. The van der Waals surface area contributed by atoms with Gasteiger partial charge in [0, 0.05) is 12.0 Å². The van der Waals surface area contributed by atoms with Crippen LogP contribution in [0.5, 0.6) is 0 Å². The number of ether oxygens (including phenoxy) is 2. The van der Waals surface area contributed by atoms with E-state index < -0.39 is 16.6 Å². The molecule has 4 aliphatic rings. The third-order valence-electron chi connectivity index (χ3n) is 7.34. The third kappa shape index (κ3) is 4.33. The van der Waals surface area contributed by atoms with Crippen LogP contribution in [0.25, 0.3) is 0 Å². The van der Waals surface area contributed by atoms with Crippen molar-refractivity contribution in [2.45, 2.75) is 116 Å². The monoisotopic (exact) mass is 393 g/mol. The van der Waals surface area contributed by atoms with E-state index in [0.29, 0.717) is 11.8 Å². The average Bonchev–Trinajstić information content (AvgIpc) is 2.51. The second-order valence-corrected chi connectivity index (χ2v) is 11.1. The topological polar surface area (TPSA) is 64.6 Å². The lowest BCUT2D eigenvalue weighted by Gasteiger charge is -2.61. The fourth-order valence-corrected chi connectivity index (χ4v) is 6.07. The van der Waals surface area contributed by atoms with Crippen LogP contribution in [-0.4, -0.2) is 28.8 Å². The highest BCUT2D eigenvalue weighted by Gasteiger charge is 2.60. The largest absolute Gasteiger partial charge is 0.459 e. The maximum absolute atomic E-state index is 12.8. The first-order valence-electron chi connectivity index (χ1n) is 11.2. The first-order valence-corrected chi connectivity index (χ1v) is 11.2. The van der Waals surface area contributed by atoms with Gasteiger partial charge in [-0.3, -0.25) is 4.79 Å². The van der Waals surface area contributed by atoms with Gasteiger partial charge in [-0.25, -0.2) is 4.79 Å². The highest BCUT2D eigenvalue weighted by molar-refractivity contribution is 5.76. The van der Waals surface area contributed by atoms with Gasteiger partial charge in [-0.15, -0.1) is 0 Å². The molecule has 4 aliphatic carbocycles. The molecule has 0 aromatic rings. The van der Waals surface area contributed by atoms with Crippen molar-refractivity contribution in [3.05, 3.63) is 0 Å². The van der Waals surface area contributed by atoms with Crippen LogP contribution in [0.3, 0.4) is 0 Å². The molecule has 4 rings (SSSR count). The Hall–Kier alpha value is -1.26. The van der Waals surface area contributed by atoms with Gasteiger partial charge in [-0.1, -0.05) is 20.3 Å². The zero-order valence-corrected chi connectivity index (χ0v) is 18.7. The average molecular weight is 394 g/mol. The summed E-state index contributed by atoms with van der Waals surface area (Å²) in [4.78, 5) is 25.5. The molecule has 4 fully saturated rings. The molecule has 0 aliphatic heterocycles. The fourth-order valence-electron chi connectivity index (χ4n) is 6.07. The molecule has 0 heterocycles. The zero-order chi connectivity index (χ0) is 20.8. The number of carbonyl (C=O) groups is 2. The van der Waals surface area contributed by atoms with Gasteiger partial charge in [0.15, 0.2) is 0 Å². The molecule has 5 nitrogen and oxygen atoms in total. The molecule has 4 saturated carbocycles. The molecular weight excluding hydrogens is 354 g/mol. The SMILES string of the molecule is CCCC(C)(C)OC(=O)NC12CC3CC(C1)CC(OC(=O)C(C)(C)CC)(C3)C2. The smallest absolute Gasteiger partial charge is 0.408 e. The number of hydrogen-bond acceptors (Lipinski definition) is 4. The molecule has 0 radical (unpaired) electrons. The van der Waals surface area contributed by atoms with Gasteiger partial charge >= 0.3 is 12.1 Å². The number of alkyl carbamates (subject to hydrolysis) is 1. The number of nitrogens with one attached hydrogen (secondary N) is 1. The Morgan fingerprint density at radius 2 is 1.64 bits per heavy atom. The molecule has 1 N–H and O–H groups in total. The molecule has 2 atom stereocenters. The maximum Gasteiger partial charge on any atom is 0.408 e. The highest BCUT2D eigenvalue weighted by Crippen LogP contribution is 2.59. The lowest BCUT2D eigenvalue weighted by molar-refractivity contribution is -0.200. The van der Waals surface area contributed by atoms with Crippen LogP contribution in [0.2, 0.25) is 0 Å². The van der Waals surface area contributed by atoms with Gasteiger partial charge in [0.2, 0.25) is 0 Å². The minimum absolute atomic E-state index is 0.0984. The maximum atomic E-state index is 12.8. The first kappa shape index (κ1) is 21.4. The van der Waals surface area contributed by atoms with Gasteiger partial charge in [0.1, 0.15) is 11.2 Å². The van der Waals surface area contributed by atoms with Crippen LogP contribution >= 0.6 is 0 Å². The van der Waals surface area contributed by atoms with Crippen LogP contribution in [0.4, 0.5) is 4.79 Å². The summed E-state index contributed by atoms with van der Waals surface area (Å²) in [5, 5.41) is 3.24. The normalized spacial score (nSPS) is 34.2. The molecule has 2 unspecified atom stereocenters. The molecule has 0 aromatic carbocycles. The zero-order valence-electron chi connectivity index (χ0n) is 18.7. The van der Waals surface area contributed by atoms with E-state index in [1.54, 1.807) is 0 Å². The summed E-state index contributed by atoms with van der Waals surface area (Å²) >= 11 is 0. The molecular formula is C23H39NO4. The van der Waals surface area contributed by atoms with Crippen molar-refractivity contribution in [2.24, 2.45) is 17.3 Å². The molecule has 5 heteroatoms. The summed E-state index contributed by atoms with van der Waals surface area (Å²) in [7, 11) is 0. The summed E-state index contributed by atoms with van der Waals surface area (Å²) in [5.41, 5.74) is -1.64. The number of hydrogen-bond donors (Lipinski definition) is 1. The van der Waals surface area contributed by atoms with E-state index in [-0.39, 0.29) is 17.6 Å². The van der Waals surface area contributed by atoms with E-state index in [4.69, 9.17) is 9.47 Å². The minimum Gasteiger partial charge on any atom is -0.459 e. The van der Waals surface area contributed by atoms with E-state index >= 15 is 0 Å². The Balaban J connectivity index is 1.73. The van der Waals surface area contributed by atoms with Crippen molar-refractivity contribution >= 4 is 12.1 Å². The van der Waals surface area contributed by atoms with Gasteiger partial charge < -0.3 is 14.8 Å². The van der Waals surface area contributed by atoms with Crippen LogP contribution in [-0.2, 0) is 14.3 Å². The van der Waals surface area contributed by atoms with E-state index in [1.165, 1.54) is 6.42 Å². The Morgan fingerprint density at radius 1 is 1.04 bits per heavy atom. The van der Waals surface area contributed by atoms with E-state index in [0.717, 1.165) is 51.4 Å². The Kier molecular flexibility index (Phi) is 5.52. The van der Waals surface area contributed by atoms with Crippen molar-refractivity contribution in [3.8, 4) is 0 Å². The molecule has 0 spiro atoms. The van der Waals surface area contributed by atoms with Crippen molar-refractivity contribution in [1.29, 1.82) is 0 Å². The Labute approximate surface area is 170 Å². The predicted octanol–water partition coefficient (Wildman–Crippen LogP) is 5.36. The van der Waals surface area contributed by atoms with Gasteiger partial charge in [0.25, 0.3) is 0 Å². The van der Waals surface area contributed by atoms with Gasteiger partial charge in [0.05, 0.1) is 5.41 Å². The second-order valence-electron chi connectivity index (χ2n) is 11.1. The first-order chi connectivity index (χ1) is 12.9. The summed E-state index contributed by atoms with van der Waals surface area (Å²) in [6, 6.07) is 0. The number of rotatable bonds is 7. The van der Waals surface area contributed by atoms with Crippen molar-refractivity contribution in [1.82, 2.24) is 5.32 Å². The number of amides is 1. The summed E-state index contributed by atoms with van der Waals surface area (Å²) in [5.74, 6) is 0.934. The number of carbonyl (C=O) groups excluding carboxylic acids is 2. The van der Waals surface area contributed by atoms with E-state index in [2.05, 4.69) is 12.2 Å². The molecule has 160 valence electrons. The molecule has 1 amide bonds. The Morgan fingerprint density at radius 3 is 2.18 bits per heavy atom. The second kappa shape index (κ2) is 7.21. The van der Waals surface area contributed by atoms with Crippen LogP contribution in [0, 0.1) is 17.3 Å². The summed E-state index contributed by atoms with van der Waals surface area (Å²) in [6.07, 6.45) is 8.00. The van der Waals surface area contributed by atoms with Crippen molar-refractivity contribution < 1.29 is 19.1 Å². The van der Waals surface area contributed by atoms with Crippen molar-refractivity contribution in [3.63, 3.8) is 0 Å². The van der Waals surface area contributed by atoms with Crippen LogP contribution in [0.1, 0.15) is 99.3 Å².